The average molecular weight is 183 g/mol. The average Bonchev–Trinajstić information content (AvgIpc) is 2.60. The standard InChI is InChI=1S/C7H9N3O3/c1-3-6(13-3)5-7(10(11)12)9-4(2)8-5/h3,6H,1-2H3,(H,8,9). The first kappa shape index (κ1) is 8.18. The van der Waals surface area contributed by atoms with Crippen LogP contribution in [0.3, 0.4) is 0 Å². The molecule has 1 fully saturated rings. The quantitative estimate of drug-likeness (QED) is 0.422. The molecular formula is C7H9N3O3. The fraction of sp³-hybridized carbons (Fsp3) is 0.571. The van der Waals surface area contributed by atoms with Crippen LogP contribution in [0.5, 0.6) is 0 Å². The van der Waals surface area contributed by atoms with Crippen LogP contribution in [0, 0.1) is 17.0 Å². The molecule has 6 heteroatoms. The highest BCUT2D eigenvalue weighted by Gasteiger charge is 2.42. The minimum atomic E-state index is -0.469. The second-order valence-corrected chi connectivity index (χ2v) is 3.07. The summed E-state index contributed by atoms with van der Waals surface area (Å²) in [4.78, 5) is 16.7. The number of nitrogens with zero attached hydrogens (tertiary/aromatic N) is 2. The van der Waals surface area contributed by atoms with Crippen molar-refractivity contribution in [3.05, 3.63) is 21.6 Å². The molecule has 6 nitrogen and oxygen atoms in total. The third-order valence-electron chi connectivity index (χ3n) is 1.99. The highest BCUT2D eigenvalue weighted by molar-refractivity contribution is 5.32. The zero-order valence-electron chi connectivity index (χ0n) is 7.27. The number of epoxide rings is 1. The molecule has 70 valence electrons. The summed E-state index contributed by atoms with van der Waals surface area (Å²) in [5, 5.41) is 10.6. The molecule has 1 saturated heterocycles. The van der Waals surface area contributed by atoms with Gasteiger partial charge in [0.25, 0.3) is 0 Å². The van der Waals surface area contributed by atoms with Gasteiger partial charge in [-0.25, -0.2) is 9.97 Å². The van der Waals surface area contributed by atoms with E-state index < -0.39 is 4.92 Å². The Morgan fingerprint density at radius 3 is 2.77 bits per heavy atom. The molecule has 1 aromatic rings. The Morgan fingerprint density at radius 2 is 2.31 bits per heavy atom. The Hall–Kier alpha value is -1.43. The Bertz CT molecular complexity index is 360. The number of nitrogens with one attached hydrogen (secondary N) is 1. The molecule has 2 heterocycles. The van der Waals surface area contributed by atoms with E-state index in [1.165, 1.54) is 0 Å². The van der Waals surface area contributed by atoms with Crippen LogP contribution in [0.4, 0.5) is 5.82 Å². The van der Waals surface area contributed by atoms with Gasteiger partial charge in [0, 0.05) is 6.92 Å². The fourth-order valence-electron chi connectivity index (χ4n) is 1.31. The topological polar surface area (TPSA) is 84.3 Å². The number of H-pyrrole nitrogens is 1. The second kappa shape index (κ2) is 2.53. The van der Waals surface area contributed by atoms with Crippen LogP contribution >= 0.6 is 0 Å². The lowest BCUT2D eigenvalue weighted by Gasteiger charge is -1.91. The summed E-state index contributed by atoms with van der Waals surface area (Å²) in [7, 11) is 0. The van der Waals surface area contributed by atoms with Crippen molar-refractivity contribution in [1.29, 1.82) is 0 Å². The summed E-state index contributed by atoms with van der Waals surface area (Å²) in [6.07, 6.45) is -0.160. The van der Waals surface area contributed by atoms with E-state index in [0.717, 1.165) is 0 Å². The molecule has 2 atom stereocenters. The molecule has 2 unspecified atom stereocenters. The van der Waals surface area contributed by atoms with E-state index >= 15 is 0 Å². The lowest BCUT2D eigenvalue weighted by atomic mass is 10.2. The van der Waals surface area contributed by atoms with Gasteiger partial charge in [0.1, 0.15) is 6.10 Å². The molecule has 0 bridgehead atoms. The first-order valence-corrected chi connectivity index (χ1v) is 3.96. The van der Waals surface area contributed by atoms with Crippen molar-refractivity contribution in [2.45, 2.75) is 26.1 Å². The molecule has 1 aliphatic rings. The highest BCUT2D eigenvalue weighted by Crippen LogP contribution is 2.40. The van der Waals surface area contributed by atoms with E-state index in [4.69, 9.17) is 4.74 Å². The largest absolute Gasteiger partial charge is 0.363 e. The van der Waals surface area contributed by atoms with E-state index in [1.807, 2.05) is 6.92 Å². The maximum atomic E-state index is 10.6. The van der Waals surface area contributed by atoms with Gasteiger partial charge in [-0.1, -0.05) is 0 Å². The van der Waals surface area contributed by atoms with E-state index in [0.29, 0.717) is 11.5 Å². The van der Waals surface area contributed by atoms with Crippen molar-refractivity contribution in [3.63, 3.8) is 0 Å². The Labute approximate surface area is 74.1 Å². The van der Waals surface area contributed by atoms with Gasteiger partial charge in [0.05, 0.1) is 6.10 Å². The third kappa shape index (κ3) is 1.29. The molecule has 0 aliphatic carbocycles. The molecule has 1 aliphatic heterocycles. The molecule has 0 saturated carbocycles. The van der Waals surface area contributed by atoms with Crippen LogP contribution in [0.25, 0.3) is 0 Å². The number of ether oxygens (including phenoxy) is 1. The number of rotatable bonds is 2. The number of hydrogen-bond donors (Lipinski definition) is 1. The molecular weight excluding hydrogens is 174 g/mol. The van der Waals surface area contributed by atoms with Crippen LogP contribution in [0.2, 0.25) is 0 Å². The molecule has 1 N–H and O–H groups in total. The van der Waals surface area contributed by atoms with Crippen LogP contribution in [0.15, 0.2) is 0 Å². The van der Waals surface area contributed by atoms with Gasteiger partial charge in [-0.15, -0.1) is 0 Å². The maximum Gasteiger partial charge on any atom is 0.346 e. The van der Waals surface area contributed by atoms with Crippen LogP contribution in [0.1, 0.15) is 24.5 Å². The van der Waals surface area contributed by atoms with Crippen molar-refractivity contribution in [2.24, 2.45) is 0 Å². The predicted molar refractivity (Wildman–Crippen MR) is 43.3 cm³/mol. The Balaban J connectivity index is 2.38. The second-order valence-electron chi connectivity index (χ2n) is 3.07. The van der Waals surface area contributed by atoms with Crippen molar-refractivity contribution in [2.75, 3.05) is 0 Å². The van der Waals surface area contributed by atoms with E-state index in [9.17, 15) is 10.1 Å². The summed E-state index contributed by atoms with van der Waals surface area (Å²) in [6.45, 7) is 3.54. The number of hydrogen-bond acceptors (Lipinski definition) is 4. The van der Waals surface area contributed by atoms with E-state index in [-0.39, 0.29) is 18.0 Å². The number of aromatic nitrogens is 2. The van der Waals surface area contributed by atoms with Gasteiger partial charge in [-0.3, -0.25) is 0 Å². The van der Waals surface area contributed by atoms with Crippen LogP contribution < -0.4 is 0 Å². The number of aryl methyl sites for hydroxylation is 1. The van der Waals surface area contributed by atoms with Gasteiger partial charge in [0.15, 0.2) is 11.5 Å². The SMILES string of the molecule is Cc1nc(C2OC2C)c([N+](=O)[O-])[nH]1. The summed E-state index contributed by atoms with van der Waals surface area (Å²) >= 11 is 0. The number of aromatic amines is 1. The van der Waals surface area contributed by atoms with Crippen molar-refractivity contribution in [3.8, 4) is 0 Å². The molecule has 0 amide bonds. The normalized spacial score (nSPS) is 26.0. The summed E-state index contributed by atoms with van der Waals surface area (Å²) < 4.78 is 5.12. The minimum Gasteiger partial charge on any atom is -0.363 e. The van der Waals surface area contributed by atoms with Crippen molar-refractivity contribution in [1.82, 2.24) is 9.97 Å². The van der Waals surface area contributed by atoms with Crippen molar-refractivity contribution < 1.29 is 9.66 Å². The Kier molecular flexibility index (Phi) is 1.59. The van der Waals surface area contributed by atoms with Gasteiger partial charge < -0.3 is 14.9 Å². The minimum absolute atomic E-state index is 0.0430. The van der Waals surface area contributed by atoms with Gasteiger partial charge in [0.2, 0.25) is 0 Å². The zero-order valence-corrected chi connectivity index (χ0v) is 7.27. The lowest BCUT2D eigenvalue weighted by molar-refractivity contribution is -0.390. The fourth-order valence-corrected chi connectivity index (χ4v) is 1.31. The predicted octanol–water partition coefficient (Wildman–Crippen LogP) is 1.09. The van der Waals surface area contributed by atoms with E-state index in [1.54, 1.807) is 6.92 Å². The molecule has 0 spiro atoms. The van der Waals surface area contributed by atoms with E-state index in [2.05, 4.69) is 9.97 Å². The molecule has 0 aromatic carbocycles. The van der Waals surface area contributed by atoms with Gasteiger partial charge in [-0.05, 0) is 11.8 Å². The molecule has 13 heavy (non-hydrogen) atoms. The summed E-state index contributed by atoms with van der Waals surface area (Å²) in [5.41, 5.74) is 0.412. The van der Waals surface area contributed by atoms with Crippen molar-refractivity contribution >= 4 is 5.82 Å². The van der Waals surface area contributed by atoms with Gasteiger partial charge >= 0.3 is 5.82 Å². The summed E-state index contributed by atoms with van der Waals surface area (Å²) in [5.74, 6) is 0.497. The smallest absolute Gasteiger partial charge is 0.346 e. The first-order valence-electron chi connectivity index (χ1n) is 3.96. The first-order chi connectivity index (χ1) is 6.09. The maximum absolute atomic E-state index is 10.6. The third-order valence-corrected chi connectivity index (χ3v) is 1.99. The number of nitro groups is 1. The molecule has 2 rings (SSSR count). The monoisotopic (exact) mass is 183 g/mol. The molecule has 1 aromatic heterocycles. The van der Waals surface area contributed by atoms with Crippen LogP contribution in [-0.4, -0.2) is 21.0 Å². The zero-order chi connectivity index (χ0) is 9.59. The van der Waals surface area contributed by atoms with Crippen LogP contribution in [-0.2, 0) is 4.74 Å². The van der Waals surface area contributed by atoms with Gasteiger partial charge in [-0.2, -0.15) is 0 Å². The lowest BCUT2D eigenvalue weighted by Crippen LogP contribution is -1.94. The highest BCUT2D eigenvalue weighted by atomic mass is 16.6. The molecule has 0 radical (unpaired) electrons. The Morgan fingerprint density at radius 1 is 1.69 bits per heavy atom. The summed E-state index contributed by atoms with van der Waals surface area (Å²) in [6, 6.07) is 0. The number of imidazole rings is 1.